The first-order valence-electron chi connectivity index (χ1n) is 4.88. The minimum atomic E-state index is -0.148. The van der Waals surface area contributed by atoms with Crippen molar-refractivity contribution < 1.29 is 4.79 Å². The predicted molar refractivity (Wildman–Crippen MR) is 59.1 cm³/mol. The molecule has 0 saturated heterocycles. The lowest BCUT2D eigenvalue weighted by Gasteiger charge is -2.39. The van der Waals surface area contributed by atoms with E-state index in [1.807, 2.05) is 32.7 Å². The zero-order chi connectivity index (χ0) is 11.5. The van der Waals surface area contributed by atoms with Crippen molar-refractivity contribution in [3.63, 3.8) is 0 Å². The van der Waals surface area contributed by atoms with Gasteiger partial charge in [-0.1, -0.05) is 0 Å². The second kappa shape index (κ2) is 4.75. The summed E-state index contributed by atoms with van der Waals surface area (Å²) in [6, 6.07) is -0.136. The van der Waals surface area contributed by atoms with Gasteiger partial charge >= 0.3 is 0 Å². The van der Waals surface area contributed by atoms with Crippen molar-refractivity contribution in [1.29, 1.82) is 0 Å². The lowest BCUT2D eigenvalue weighted by Crippen LogP contribution is -2.55. The molecular formula is C10H23N3O. The van der Waals surface area contributed by atoms with Crippen LogP contribution in [0, 0.1) is 0 Å². The number of hydrogen-bond acceptors (Lipinski definition) is 3. The Morgan fingerprint density at radius 1 is 1.36 bits per heavy atom. The highest BCUT2D eigenvalue weighted by Gasteiger charge is 2.30. The molecule has 1 amide bonds. The van der Waals surface area contributed by atoms with E-state index in [9.17, 15) is 4.79 Å². The van der Waals surface area contributed by atoms with Crippen molar-refractivity contribution in [2.75, 3.05) is 27.7 Å². The summed E-state index contributed by atoms with van der Waals surface area (Å²) in [5, 5.41) is 0. The molecule has 0 rings (SSSR count). The first-order chi connectivity index (χ1) is 6.24. The van der Waals surface area contributed by atoms with Gasteiger partial charge in [-0.05, 0) is 27.8 Å². The fourth-order valence-corrected chi connectivity index (χ4v) is 1.21. The van der Waals surface area contributed by atoms with Crippen LogP contribution >= 0.6 is 0 Å². The molecular weight excluding hydrogens is 178 g/mol. The summed E-state index contributed by atoms with van der Waals surface area (Å²) in [4.78, 5) is 15.3. The number of rotatable bonds is 4. The molecule has 0 aromatic heterocycles. The highest BCUT2D eigenvalue weighted by molar-refractivity contribution is 5.81. The fraction of sp³-hybridized carbons (Fsp3) is 0.900. The fourth-order valence-electron chi connectivity index (χ4n) is 1.21. The maximum atomic E-state index is 11.7. The number of hydrogen-bond donors (Lipinski definition) is 1. The average molecular weight is 201 g/mol. The number of amides is 1. The first-order valence-corrected chi connectivity index (χ1v) is 4.88. The van der Waals surface area contributed by atoms with Crippen LogP contribution < -0.4 is 5.73 Å². The lowest BCUT2D eigenvalue weighted by atomic mass is 10.0. The number of carbonyl (C=O) groups is 1. The Labute approximate surface area is 87.0 Å². The summed E-state index contributed by atoms with van der Waals surface area (Å²) in [7, 11) is 5.46. The Kier molecular flexibility index (Phi) is 4.55. The third kappa shape index (κ3) is 2.96. The van der Waals surface area contributed by atoms with E-state index in [-0.39, 0.29) is 17.5 Å². The third-order valence-electron chi connectivity index (χ3n) is 2.83. The number of carbonyl (C=O) groups excluding carboxylic acids is 1. The van der Waals surface area contributed by atoms with Gasteiger partial charge in [0.2, 0.25) is 5.91 Å². The molecule has 1 unspecified atom stereocenters. The van der Waals surface area contributed by atoms with Crippen LogP contribution in [0.1, 0.15) is 20.8 Å². The Morgan fingerprint density at radius 3 is 2.07 bits per heavy atom. The average Bonchev–Trinajstić information content (AvgIpc) is 2.14. The van der Waals surface area contributed by atoms with E-state index in [0.29, 0.717) is 6.54 Å². The quantitative estimate of drug-likeness (QED) is 0.703. The molecule has 0 spiro atoms. The molecule has 4 heteroatoms. The maximum absolute atomic E-state index is 11.7. The third-order valence-corrected chi connectivity index (χ3v) is 2.83. The van der Waals surface area contributed by atoms with Crippen molar-refractivity contribution >= 4 is 5.91 Å². The Balaban J connectivity index is 4.54. The summed E-state index contributed by atoms with van der Waals surface area (Å²) in [5.41, 5.74) is 5.51. The molecule has 84 valence electrons. The van der Waals surface area contributed by atoms with Gasteiger partial charge in [-0.25, -0.2) is 0 Å². The molecule has 0 saturated carbocycles. The summed E-state index contributed by atoms with van der Waals surface area (Å²) < 4.78 is 0. The Hall–Kier alpha value is -0.610. The minimum absolute atomic E-state index is 0.106. The largest absolute Gasteiger partial charge is 0.347 e. The van der Waals surface area contributed by atoms with Crippen LogP contribution in [0.4, 0.5) is 0 Å². The van der Waals surface area contributed by atoms with Crippen LogP contribution in [-0.4, -0.2) is 55.0 Å². The summed E-state index contributed by atoms with van der Waals surface area (Å²) in [6.07, 6.45) is 0. The molecule has 14 heavy (non-hydrogen) atoms. The van der Waals surface area contributed by atoms with Gasteiger partial charge in [-0.15, -0.1) is 0 Å². The van der Waals surface area contributed by atoms with Gasteiger partial charge in [0, 0.05) is 26.2 Å². The molecule has 4 nitrogen and oxygen atoms in total. The van der Waals surface area contributed by atoms with E-state index in [1.165, 1.54) is 0 Å². The van der Waals surface area contributed by atoms with Crippen molar-refractivity contribution in [3.8, 4) is 0 Å². The topological polar surface area (TPSA) is 49.6 Å². The van der Waals surface area contributed by atoms with E-state index in [4.69, 9.17) is 5.73 Å². The van der Waals surface area contributed by atoms with Crippen LogP contribution in [0.3, 0.4) is 0 Å². The number of nitrogens with zero attached hydrogens (tertiary/aromatic N) is 2. The standard InChI is InChI=1S/C10H23N3O/c1-8(9(14)12(4)5)13(6)10(2,3)7-11/h8H,7,11H2,1-6H3. The van der Waals surface area contributed by atoms with E-state index in [2.05, 4.69) is 0 Å². The maximum Gasteiger partial charge on any atom is 0.239 e. The molecule has 0 bridgehead atoms. The van der Waals surface area contributed by atoms with Crippen LogP contribution in [0.15, 0.2) is 0 Å². The molecule has 1 atom stereocenters. The van der Waals surface area contributed by atoms with Gasteiger partial charge in [0.1, 0.15) is 0 Å². The van der Waals surface area contributed by atoms with Gasteiger partial charge < -0.3 is 10.6 Å². The molecule has 2 N–H and O–H groups in total. The zero-order valence-corrected chi connectivity index (χ0v) is 10.2. The first kappa shape index (κ1) is 13.4. The van der Waals surface area contributed by atoms with E-state index < -0.39 is 0 Å². The lowest BCUT2D eigenvalue weighted by molar-refractivity contribution is -0.135. The molecule has 0 aliphatic carbocycles. The van der Waals surface area contributed by atoms with Crippen LogP contribution in [0.2, 0.25) is 0 Å². The summed E-state index contributed by atoms with van der Waals surface area (Å²) in [5.74, 6) is 0.106. The Morgan fingerprint density at radius 2 is 1.79 bits per heavy atom. The number of nitrogens with two attached hydrogens (primary N) is 1. The van der Waals surface area contributed by atoms with E-state index >= 15 is 0 Å². The molecule has 0 aliphatic rings. The van der Waals surface area contributed by atoms with Crippen molar-refractivity contribution in [3.05, 3.63) is 0 Å². The van der Waals surface area contributed by atoms with Crippen molar-refractivity contribution in [1.82, 2.24) is 9.80 Å². The molecule has 0 aromatic rings. The van der Waals surface area contributed by atoms with Crippen molar-refractivity contribution in [2.24, 2.45) is 5.73 Å². The predicted octanol–water partition coefficient (Wildman–Crippen LogP) is 0.132. The molecule has 0 heterocycles. The van der Waals surface area contributed by atoms with Crippen molar-refractivity contribution in [2.45, 2.75) is 32.4 Å². The van der Waals surface area contributed by atoms with Crippen LogP contribution in [0.25, 0.3) is 0 Å². The Bertz CT molecular complexity index is 202. The second-order valence-electron chi connectivity index (χ2n) is 4.54. The second-order valence-corrected chi connectivity index (χ2v) is 4.54. The van der Waals surface area contributed by atoms with Crippen LogP contribution in [-0.2, 0) is 4.79 Å². The van der Waals surface area contributed by atoms with E-state index in [1.54, 1.807) is 19.0 Å². The van der Waals surface area contributed by atoms with Gasteiger partial charge in [-0.3, -0.25) is 9.69 Å². The SMILES string of the molecule is CC(C(=O)N(C)C)N(C)C(C)(C)CN. The van der Waals surface area contributed by atoms with E-state index in [0.717, 1.165) is 0 Å². The molecule has 0 aliphatic heterocycles. The minimum Gasteiger partial charge on any atom is -0.347 e. The zero-order valence-electron chi connectivity index (χ0n) is 10.2. The normalized spacial score (nSPS) is 14.3. The van der Waals surface area contributed by atoms with Gasteiger partial charge in [0.15, 0.2) is 0 Å². The van der Waals surface area contributed by atoms with Gasteiger partial charge in [0.25, 0.3) is 0 Å². The molecule has 0 fully saturated rings. The summed E-state index contributed by atoms with van der Waals surface area (Å²) >= 11 is 0. The monoisotopic (exact) mass is 201 g/mol. The smallest absolute Gasteiger partial charge is 0.239 e. The molecule has 0 aromatic carbocycles. The van der Waals surface area contributed by atoms with Crippen LogP contribution in [0.5, 0.6) is 0 Å². The van der Waals surface area contributed by atoms with Gasteiger partial charge in [0.05, 0.1) is 6.04 Å². The number of likely N-dealkylation sites (N-methyl/N-ethyl adjacent to an activating group) is 2. The summed E-state index contributed by atoms with van der Waals surface area (Å²) in [6.45, 7) is 6.51. The highest BCUT2D eigenvalue weighted by atomic mass is 16.2. The molecule has 0 radical (unpaired) electrons. The van der Waals surface area contributed by atoms with Gasteiger partial charge in [-0.2, -0.15) is 0 Å². The highest BCUT2D eigenvalue weighted by Crippen LogP contribution is 2.14.